The molecule has 0 aliphatic carbocycles. The van der Waals surface area contributed by atoms with E-state index in [4.69, 9.17) is 4.42 Å². The molecule has 2 N–H and O–H groups in total. The lowest BCUT2D eigenvalue weighted by atomic mass is 9.97. The van der Waals surface area contributed by atoms with Crippen molar-refractivity contribution in [2.75, 3.05) is 34.2 Å². The Kier molecular flexibility index (Phi) is 7.72. The molecule has 3 atom stereocenters. The number of guanidine groups is 1. The van der Waals surface area contributed by atoms with Crippen LogP contribution in [0.1, 0.15) is 37.1 Å². The Morgan fingerprint density at radius 3 is 2.66 bits per heavy atom. The Balaban J connectivity index is 1.49. The van der Waals surface area contributed by atoms with Crippen LogP contribution in [0, 0.1) is 0 Å². The van der Waals surface area contributed by atoms with Crippen molar-refractivity contribution in [3.05, 3.63) is 60.1 Å². The van der Waals surface area contributed by atoms with Crippen molar-refractivity contribution >= 4 is 5.96 Å². The topological polar surface area (TPSA) is 56.0 Å². The third-order valence-corrected chi connectivity index (χ3v) is 5.76. The maximum Gasteiger partial charge on any atom is 0.191 e. The standard InChI is InChI=1S/C23H35N5O/c1-18-15-20(12-13-28(18)17-19-9-6-5-7-10-19)26-23(24-2)25-16-21(27(3)4)22-11-8-14-29-22/h5-11,14,18,20-21H,12-13,15-17H2,1-4H3,(H2,24,25,26). The Morgan fingerprint density at radius 1 is 1.24 bits per heavy atom. The van der Waals surface area contributed by atoms with Gasteiger partial charge in [0.05, 0.1) is 12.3 Å². The van der Waals surface area contributed by atoms with E-state index in [0.29, 0.717) is 12.1 Å². The number of likely N-dealkylation sites (tertiary alicyclic amines) is 1. The zero-order valence-electron chi connectivity index (χ0n) is 18.1. The van der Waals surface area contributed by atoms with E-state index in [-0.39, 0.29) is 6.04 Å². The van der Waals surface area contributed by atoms with Crippen LogP contribution in [0.3, 0.4) is 0 Å². The molecule has 158 valence electrons. The van der Waals surface area contributed by atoms with Gasteiger partial charge in [0.2, 0.25) is 0 Å². The normalized spacial score (nSPS) is 21.9. The van der Waals surface area contributed by atoms with Crippen LogP contribution in [0.25, 0.3) is 0 Å². The molecule has 1 aliphatic heterocycles. The number of furan rings is 1. The van der Waals surface area contributed by atoms with Crippen LogP contribution >= 0.6 is 0 Å². The first-order chi connectivity index (χ1) is 14.1. The quantitative estimate of drug-likeness (QED) is 0.555. The fourth-order valence-electron chi connectivity index (χ4n) is 4.00. The predicted molar refractivity (Wildman–Crippen MR) is 119 cm³/mol. The lowest BCUT2D eigenvalue weighted by Crippen LogP contribution is -2.52. The minimum atomic E-state index is 0.162. The summed E-state index contributed by atoms with van der Waals surface area (Å²) in [4.78, 5) is 9.17. The van der Waals surface area contributed by atoms with Crippen LogP contribution in [0.4, 0.5) is 0 Å². The van der Waals surface area contributed by atoms with E-state index >= 15 is 0 Å². The Labute approximate surface area is 175 Å². The average molecular weight is 398 g/mol. The third-order valence-electron chi connectivity index (χ3n) is 5.76. The van der Waals surface area contributed by atoms with Crippen LogP contribution in [0.5, 0.6) is 0 Å². The largest absolute Gasteiger partial charge is 0.468 e. The van der Waals surface area contributed by atoms with Crippen molar-refractivity contribution in [1.29, 1.82) is 0 Å². The number of benzene rings is 1. The predicted octanol–water partition coefficient (Wildman–Crippen LogP) is 3.10. The molecule has 0 bridgehead atoms. The molecule has 1 fully saturated rings. The maximum atomic E-state index is 5.60. The zero-order chi connectivity index (χ0) is 20.6. The number of rotatable bonds is 7. The number of hydrogen-bond acceptors (Lipinski definition) is 4. The number of hydrogen-bond donors (Lipinski definition) is 2. The summed E-state index contributed by atoms with van der Waals surface area (Å²) in [6, 6.07) is 15.8. The molecule has 1 saturated heterocycles. The summed E-state index contributed by atoms with van der Waals surface area (Å²) in [7, 11) is 5.96. The van der Waals surface area contributed by atoms with E-state index in [0.717, 1.165) is 44.2 Å². The molecule has 0 radical (unpaired) electrons. The first-order valence-electron chi connectivity index (χ1n) is 10.5. The smallest absolute Gasteiger partial charge is 0.191 e. The first-order valence-corrected chi connectivity index (χ1v) is 10.5. The van der Waals surface area contributed by atoms with Crippen molar-refractivity contribution in [2.45, 2.75) is 44.4 Å². The molecular weight excluding hydrogens is 362 g/mol. The van der Waals surface area contributed by atoms with Gasteiger partial charge in [-0.05, 0) is 51.6 Å². The average Bonchev–Trinajstić information content (AvgIpc) is 3.24. The van der Waals surface area contributed by atoms with Crippen LogP contribution < -0.4 is 10.6 Å². The van der Waals surface area contributed by atoms with Gasteiger partial charge in [-0.15, -0.1) is 0 Å². The summed E-state index contributed by atoms with van der Waals surface area (Å²) in [5.41, 5.74) is 1.39. The molecule has 0 spiro atoms. The lowest BCUT2D eigenvalue weighted by molar-refractivity contribution is 0.134. The summed E-state index contributed by atoms with van der Waals surface area (Å²) in [6.07, 6.45) is 3.96. The molecule has 3 unspecified atom stereocenters. The summed E-state index contributed by atoms with van der Waals surface area (Å²) >= 11 is 0. The van der Waals surface area contributed by atoms with E-state index in [9.17, 15) is 0 Å². The van der Waals surface area contributed by atoms with Gasteiger partial charge in [-0.25, -0.2) is 0 Å². The van der Waals surface area contributed by atoms with Crippen LogP contribution in [-0.2, 0) is 6.54 Å². The van der Waals surface area contributed by atoms with E-state index in [1.54, 1.807) is 6.26 Å². The molecule has 6 heteroatoms. The molecule has 0 amide bonds. The van der Waals surface area contributed by atoms with Gasteiger partial charge in [0.1, 0.15) is 5.76 Å². The fourth-order valence-corrected chi connectivity index (χ4v) is 4.00. The molecule has 6 nitrogen and oxygen atoms in total. The van der Waals surface area contributed by atoms with E-state index in [1.807, 2.05) is 19.2 Å². The van der Waals surface area contributed by atoms with Crippen molar-refractivity contribution in [3.8, 4) is 0 Å². The SMILES string of the molecule is CN=C(NCC(c1ccco1)N(C)C)NC1CCN(Cc2ccccc2)C(C)C1. The number of piperidine rings is 1. The van der Waals surface area contributed by atoms with Gasteiger partial charge in [-0.3, -0.25) is 14.8 Å². The molecule has 2 heterocycles. The van der Waals surface area contributed by atoms with Gasteiger partial charge in [-0.1, -0.05) is 30.3 Å². The van der Waals surface area contributed by atoms with Crippen molar-refractivity contribution in [2.24, 2.45) is 4.99 Å². The van der Waals surface area contributed by atoms with Crippen LogP contribution in [-0.4, -0.2) is 62.1 Å². The van der Waals surface area contributed by atoms with Crippen LogP contribution in [0.2, 0.25) is 0 Å². The van der Waals surface area contributed by atoms with Gasteiger partial charge in [-0.2, -0.15) is 0 Å². The van der Waals surface area contributed by atoms with Gasteiger partial charge < -0.3 is 15.1 Å². The Bertz CT molecular complexity index is 744. The monoisotopic (exact) mass is 397 g/mol. The van der Waals surface area contributed by atoms with E-state index in [1.165, 1.54) is 5.56 Å². The second-order valence-corrected chi connectivity index (χ2v) is 8.12. The number of nitrogens with one attached hydrogen (secondary N) is 2. The fraction of sp³-hybridized carbons (Fsp3) is 0.522. The molecule has 2 aromatic rings. The first kappa shape index (κ1) is 21.4. The highest BCUT2D eigenvalue weighted by Gasteiger charge is 2.26. The molecule has 1 aromatic heterocycles. The van der Waals surface area contributed by atoms with Crippen molar-refractivity contribution in [1.82, 2.24) is 20.4 Å². The zero-order valence-corrected chi connectivity index (χ0v) is 18.1. The minimum Gasteiger partial charge on any atom is -0.468 e. The number of nitrogens with zero attached hydrogens (tertiary/aromatic N) is 3. The highest BCUT2D eigenvalue weighted by molar-refractivity contribution is 5.80. The number of aliphatic imine (C=N–C) groups is 1. The summed E-state index contributed by atoms with van der Waals surface area (Å²) in [5, 5.41) is 7.10. The lowest BCUT2D eigenvalue weighted by Gasteiger charge is -2.38. The Hall–Kier alpha value is -2.31. The highest BCUT2D eigenvalue weighted by Crippen LogP contribution is 2.20. The third kappa shape index (κ3) is 6.08. The molecular formula is C23H35N5O. The van der Waals surface area contributed by atoms with Gasteiger partial charge in [0.25, 0.3) is 0 Å². The minimum absolute atomic E-state index is 0.162. The number of likely N-dealkylation sites (N-methyl/N-ethyl adjacent to an activating group) is 1. The van der Waals surface area contributed by atoms with Crippen molar-refractivity contribution in [3.63, 3.8) is 0 Å². The van der Waals surface area contributed by atoms with Crippen LogP contribution in [0.15, 0.2) is 58.1 Å². The van der Waals surface area contributed by atoms with E-state index in [2.05, 4.69) is 76.8 Å². The second-order valence-electron chi connectivity index (χ2n) is 8.12. The molecule has 3 rings (SSSR count). The molecule has 1 aliphatic rings. The van der Waals surface area contributed by atoms with Gasteiger partial charge in [0.15, 0.2) is 5.96 Å². The van der Waals surface area contributed by atoms with Crippen molar-refractivity contribution < 1.29 is 4.42 Å². The Morgan fingerprint density at radius 2 is 2.03 bits per heavy atom. The maximum absolute atomic E-state index is 5.60. The highest BCUT2D eigenvalue weighted by atomic mass is 16.3. The molecule has 0 saturated carbocycles. The van der Waals surface area contributed by atoms with Gasteiger partial charge in [0, 0.05) is 38.8 Å². The summed E-state index contributed by atoms with van der Waals surface area (Å²) < 4.78 is 5.60. The van der Waals surface area contributed by atoms with E-state index < -0.39 is 0 Å². The molecule has 29 heavy (non-hydrogen) atoms. The summed E-state index contributed by atoms with van der Waals surface area (Å²) in [6.45, 7) is 5.18. The molecule has 1 aromatic carbocycles. The van der Waals surface area contributed by atoms with Gasteiger partial charge >= 0.3 is 0 Å². The summed E-state index contributed by atoms with van der Waals surface area (Å²) in [5.74, 6) is 1.82. The second kappa shape index (κ2) is 10.5.